The van der Waals surface area contributed by atoms with Crippen molar-refractivity contribution in [3.63, 3.8) is 0 Å². The number of hydrogen-bond donors (Lipinski definition) is 1. The van der Waals surface area contributed by atoms with Gasteiger partial charge in [0, 0.05) is 24.5 Å². The molecule has 1 heterocycles. The topological polar surface area (TPSA) is 43.4 Å². The number of rotatable bonds is 4. The molecule has 0 saturated heterocycles. The van der Waals surface area contributed by atoms with Crippen LogP contribution in [0.3, 0.4) is 0 Å². The van der Waals surface area contributed by atoms with Crippen LogP contribution in [-0.2, 0) is 0 Å². The molecule has 0 atom stereocenters. The van der Waals surface area contributed by atoms with Crippen molar-refractivity contribution in [1.29, 1.82) is 0 Å². The highest BCUT2D eigenvalue weighted by Gasteiger charge is 2.16. The van der Waals surface area contributed by atoms with E-state index in [2.05, 4.69) is 10.3 Å². The molecule has 0 unspecified atom stereocenters. The molecular weight excluding hydrogens is 252 g/mol. The summed E-state index contributed by atoms with van der Waals surface area (Å²) < 4.78 is 10.7. The fourth-order valence-corrected chi connectivity index (χ4v) is 2.21. The molecule has 1 N–H and O–H groups in total. The largest absolute Gasteiger partial charge is 0.494 e. The predicted octanol–water partition coefficient (Wildman–Crippen LogP) is 3.34. The van der Waals surface area contributed by atoms with Gasteiger partial charge in [0.2, 0.25) is 0 Å². The van der Waals surface area contributed by atoms with E-state index in [0.29, 0.717) is 16.5 Å². The summed E-state index contributed by atoms with van der Waals surface area (Å²) in [7, 11) is 3.19. The van der Waals surface area contributed by atoms with Gasteiger partial charge in [0.05, 0.1) is 24.6 Å². The Morgan fingerprint density at radius 2 is 2.11 bits per heavy atom. The number of nitrogens with zero attached hydrogens (tertiary/aromatic N) is 1. The third-order valence-corrected chi connectivity index (χ3v) is 2.96. The van der Waals surface area contributed by atoms with Crippen molar-refractivity contribution in [1.82, 2.24) is 4.98 Å². The highest BCUT2D eigenvalue weighted by molar-refractivity contribution is 6.34. The number of aromatic nitrogens is 1. The minimum Gasteiger partial charge on any atom is -0.494 e. The average molecular weight is 267 g/mol. The first-order chi connectivity index (χ1) is 8.72. The minimum atomic E-state index is 0.508. The van der Waals surface area contributed by atoms with Crippen LogP contribution >= 0.6 is 11.6 Å². The molecule has 1 aromatic heterocycles. The van der Waals surface area contributed by atoms with E-state index in [0.717, 1.165) is 23.1 Å². The number of benzene rings is 1. The molecule has 96 valence electrons. The molecule has 0 fully saturated rings. The summed E-state index contributed by atoms with van der Waals surface area (Å²) in [5, 5.41) is 4.62. The Morgan fingerprint density at radius 1 is 1.33 bits per heavy atom. The van der Waals surface area contributed by atoms with Gasteiger partial charge in [-0.25, -0.2) is 0 Å². The molecule has 0 aliphatic carbocycles. The zero-order chi connectivity index (χ0) is 13.1. The van der Waals surface area contributed by atoms with E-state index < -0.39 is 0 Å². The Morgan fingerprint density at radius 3 is 2.72 bits per heavy atom. The van der Waals surface area contributed by atoms with E-state index in [-0.39, 0.29) is 0 Å². The standard InChI is InChI=1S/C13H15ClN2O2/c1-4-15-9-5-6-16-12-10(17-2)7-8(14)13(18-3)11(9)12/h5-7H,4H2,1-3H3,(H,15,16). The lowest BCUT2D eigenvalue weighted by molar-refractivity contribution is 0.410. The van der Waals surface area contributed by atoms with Crippen LogP contribution < -0.4 is 14.8 Å². The van der Waals surface area contributed by atoms with Crippen LogP contribution in [0.5, 0.6) is 11.5 Å². The predicted molar refractivity (Wildman–Crippen MR) is 74.0 cm³/mol. The SMILES string of the molecule is CCNc1ccnc2c(OC)cc(Cl)c(OC)c12. The Balaban J connectivity index is 2.84. The third-order valence-electron chi connectivity index (χ3n) is 2.68. The maximum absolute atomic E-state index is 6.20. The lowest BCUT2D eigenvalue weighted by atomic mass is 10.1. The molecule has 18 heavy (non-hydrogen) atoms. The molecule has 4 nitrogen and oxygen atoms in total. The molecule has 0 spiro atoms. The van der Waals surface area contributed by atoms with Gasteiger partial charge in [-0.3, -0.25) is 4.98 Å². The van der Waals surface area contributed by atoms with Gasteiger partial charge in [-0.1, -0.05) is 11.6 Å². The number of hydrogen-bond acceptors (Lipinski definition) is 4. The Hall–Kier alpha value is -1.68. The lowest BCUT2D eigenvalue weighted by Crippen LogP contribution is -2.00. The van der Waals surface area contributed by atoms with Crippen molar-refractivity contribution < 1.29 is 9.47 Å². The highest BCUT2D eigenvalue weighted by Crippen LogP contribution is 2.41. The molecular formula is C13H15ClN2O2. The molecule has 0 aliphatic heterocycles. The van der Waals surface area contributed by atoms with Crippen molar-refractivity contribution in [2.45, 2.75) is 6.92 Å². The molecule has 0 amide bonds. The molecule has 5 heteroatoms. The molecule has 0 bridgehead atoms. The quantitative estimate of drug-likeness (QED) is 0.922. The van der Waals surface area contributed by atoms with Crippen molar-refractivity contribution in [3.05, 3.63) is 23.4 Å². The monoisotopic (exact) mass is 266 g/mol. The zero-order valence-corrected chi connectivity index (χ0v) is 11.3. The average Bonchev–Trinajstić information content (AvgIpc) is 2.39. The van der Waals surface area contributed by atoms with Gasteiger partial charge in [-0.05, 0) is 13.0 Å². The number of halogens is 1. The van der Waals surface area contributed by atoms with Gasteiger partial charge in [0.25, 0.3) is 0 Å². The number of fused-ring (bicyclic) bond motifs is 1. The number of pyridine rings is 1. The molecule has 0 radical (unpaired) electrons. The second-order valence-corrected chi connectivity index (χ2v) is 4.11. The van der Waals surface area contributed by atoms with Crippen LogP contribution in [0.2, 0.25) is 5.02 Å². The highest BCUT2D eigenvalue weighted by atomic mass is 35.5. The fraction of sp³-hybridized carbons (Fsp3) is 0.308. The summed E-state index contributed by atoms with van der Waals surface area (Å²) in [6.07, 6.45) is 1.73. The van der Waals surface area contributed by atoms with Gasteiger partial charge >= 0.3 is 0 Å². The summed E-state index contributed by atoms with van der Waals surface area (Å²) in [4.78, 5) is 4.34. The van der Waals surface area contributed by atoms with Crippen molar-refractivity contribution >= 4 is 28.2 Å². The molecule has 0 aliphatic rings. The molecule has 1 aromatic carbocycles. The van der Waals surface area contributed by atoms with E-state index in [1.807, 2.05) is 13.0 Å². The van der Waals surface area contributed by atoms with E-state index in [9.17, 15) is 0 Å². The Kier molecular flexibility index (Phi) is 3.77. The van der Waals surface area contributed by atoms with E-state index in [1.54, 1.807) is 26.5 Å². The summed E-state index contributed by atoms with van der Waals surface area (Å²) in [6, 6.07) is 3.61. The van der Waals surface area contributed by atoms with Crippen molar-refractivity contribution in [3.8, 4) is 11.5 Å². The number of anilines is 1. The molecule has 2 rings (SSSR count). The Labute approximate surface area is 111 Å². The van der Waals surface area contributed by atoms with E-state index in [1.165, 1.54) is 0 Å². The van der Waals surface area contributed by atoms with Crippen LogP contribution in [-0.4, -0.2) is 25.7 Å². The van der Waals surface area contributed by atoms with Gasteiger partial charge in [0.15, 0.2) is 0 Å². The van der Waals surface area contributed by atoms with E-state index >= 15 is 0 Å². The maximum atomic E-state index is 6.20. The van der Waals surface area contributed by atoms with Crippen LogP contribution in [0, 0.1) is 0 Å². The molecule has 2 aromatic rings. The molecule has 0 saturated carbocycles. The summed E-state index contributed by atoms with van der Waals surface area (Å²) in [6.45, 7) is 2.83. The van der Waals surface area contributed by atoms with Crippen molar-refractivity contribution in [2.24, 2.45) is 0 Å². The Bertz CT molecular complexity index is 572. The fourth-order valence-electron chi connectivity index (χ4n) is 1.94. The van der Waals surface area contributed by atoms with Gasteiger partial charge in [0.1, 0.15) is 17.0 Å². The van der Waals surface area contributed by atoms with Gasteiger partial charge in [-0.15, -0.1) is 0 Å². The summed E-state index contributed by atoms with van der Waals surface area (Å²) in [5.74, 6) is 1.24. The third kappa shape index (κ3) is 2.04. The number of ether oxygens (including phenoxy) is 2. The second kappa shape index (κ2) is 5.31. The van der Waals surface area contributed by atoms with Crippen LogP contribution in [0.1, 0.15) is 6.92 Å². The van der Waals surface area contributed by atoms with Crippen molar-refractivity contribution in [2.75, 3.05) is 26.1 Å². The van der Waals surface area contributed by atoms with Crippen LogP contribution in [0.4, 0.5) is 5.69 Å². The first-order valence-corrected chi connectivity index (χ1v) is 6.03. The lowest BCUT2D eigenvalue weighted by Gasteiger charge is -2.14. The second-order valence-electron chi connectivity index (χ2n) is 3.71. The van der Waals surface area contributed by atoms with Crippen LogP contribution in [0.15, 0.2) is 18.3 Å². The normalized spacial score (nSPS) is 10.4. The zero-order valence-electron chi connectivity index (χ0n) is 10.6. The smallest absolute Gasteiger partial charge is 0.149 e. The number of nitrogens with one attached hydrogen (secondary N) is 1. The summed E-state index contributed by atoms with van der Waals surface area (Å²) in [5.41, 5.74) is 1.66. The van der Waals surface area contributed by atoms with E-state index in [4.69, 9.17) is 21.1 Å². The van der Waals surface area contributed by atoms with Gasteiger partial charge in [-0.2, -0.15) is 0 Å². The van der Waals surface area contributed by atoms with Gasteiger partial charge < -0.3 is 14.8 Å². The summed E-state index contributed by atoms with van der Waals surface area (Å²) >= 11 is 6.20. The van der Waals surface area contributed by atoms with Crippen LogP contribution in [0.25, 0.3) is 10.9 Å². The first-order valence-electron chi connectivity index (χ1n) is 5.66. The minimum absolute atomic E-state index is 0.508. The number of methoxy groups -OCH3 is 2. The maximum Gasteiger partial charge on any atom is 0.149 e. The first kappa shape index (κ1) is 12.8.